The number of carbonyl (C=O) groups excluding carboxylic acids is 3. The fourth-order valence-corrected chi connectivity index (χ4v) is 3.00. The van der Waals surface area contributed by atoms with Crippen LogP contribution in [0.15, 0.2) is 42.1 Å². The normalized spacial score (nSPS) is 14.9. The van der Waals surface area contributed by atoms with Gasteiger partial charge in [-0.2, -0.15) is 0 Å². The van der Waals surface area contributed by atoms with E-state index in [4.69, 9.17) is 16.3 Å². The summed E-state index contributed by atoms with van der Waals surface area (Å²) in [5, 5.41) is 14.9. The first-order chi connectivity index (χ1) is 13.8. The van der Waals surface area contributed by atoms with Crippen molar-refractivity contribution in [3.63, 3.8) is 0 Å². The number of aromatic hydroxyl groups is 1. The minimum absolute atomic E-state index is 0.0258. The molecule has 4 amide bonds. The number of carbonyl (C=O) groups is 3. The topological polar surface area (TPSA) is 108 Å². The van der Waals surface area contributed by atoms with Crippen LogP contribution in [0.2, 0.25) is 5.02 Å². The third-order valence-corrected chi connectivity index (χ3v) is 4.44. The summed E-state index contributed by atoms with van der Waals surface area (Å²) in [6.45, 7) is 1.45. The van der Waals surface area contributed by atoms with Crippen LogP contribution in [-0.2, 0) is 9.59 Å². The standard InChI is InChI=1S/C20H18ClN3O5/c1-11-4-3-5-13(6-11)22-17(25)10-24-19(27)15(23-20(24)28)8-12-7-14(21)18(26)16(9-12)29-2/h3-9,26H,10H2,1-2H3,(H,22,25)(H,23,28). The molecule has 0 unspecified atom stereocenters. The van der Waals surface area contributed by atoms with Crippen LogP contribution in [0.4, 0.5) is 10.5 Å². The maximum absolute atomic E-state index is 12.5. The molecule has 0 atom stereocenters. The molecule has 0 radical (unpaired) electrons. The quantitative estimate of drug-likeness (QED) is 0.514. The third kappa shape index (κ3) is 4.49. The third-order valence-electron chi connectivity index (χ3n) is 4.15. The molecule has 0 bridgehead atoms. The second-order valence-electron chi connectivity index (χ2n) is 6.35. The molecule has 3 N–H and O–H groups in total. The molecule has 1 aliphatic rings. The van der Waals surface area contributed by atoms with E-state index in [-0.39, 0.29) is 22.2 Å². The van der Waals surface area contributed by atoms with Crippen LogP contribution >= 0.6 is 11.6 Å². The van der Waals surface area contributed by atoms with E-state index in [0.29, 0.717) is 11.3 Å². The number of urea groups is 1. The Morgan fingerprint density at radius 1 is 1.31 bits per heavy atom. The number of halogens is 1. The Bertz CT molecular complexity index is 1030. The van der Waals surface area contributed by atoms with Gasteiger partial charge < -0.3 is 20.5 Å². The zero-order valence-electron chi connectivity index (χ0n) is 15.7. The molecule has 150 valence electrons. The highest BCUT2D eigenvalue weighted by molar-refractivity contribution is 6.32. The minimum atomic E-state index is -0.711. The number of methoxy groups -OCH3 is 1. The average Bonchev–Trinajstić information content (AvgIpc) is 2.92. The van der Waals surface area contributed by atoms with Crippen LogP contribution in [-0.4, -0.2) is 41.5 Å². The van der Waals surface area contributed by atoms with Crippen molar-refractivity contribution >= 4 is 41.2 Å². The molecule has 1 heterocycles. The largest absolute Gasteiger partial charge is 0.503 e. The van der Waals surface area contributed by atoms with Gasteiger partial charge in [0.15, 0.2) is 11.5 Å². The molecule has 8 nitrogen and oxygen atoms in total. The molecule has 29 heavy (non-hydrogen) atoms. The molecule has 0 aromatic heterocycles. The predicted molar refractivity (Wildman–Crippen MR) is 108 cm³/mol. The Morgan fingerprint density at radius 3 is 2.76 bits per heavy atom. The molecule has 2 aromatic carbocycles. The highest BCUT2D eigenvalue weighted by Crippen LogP contribution is 2.35. The summed E-state index contributed by atoms with van der Waals surface area (Å²) in [6.07, 6.45) is 1.38. The summed E-state index contributed by atoms with van der Waals surface area (Å²) in [6, 6.07) is 9.32. The Hall–Kier alpha value is -3.52. The van der Waals surface area contributed by atoms with Gasteiger partial charge in [0.1, 0.15) is 12.2 Å². The van der Waals surface area contributed by atoms with Gasteiger partial charge in [-0.05, 0) is 48.4 Å². The van der Waals surface area contributed by atoms with Crippen molar-refractivity contribution in [2.24, 2.45) is 0 Å². The first kappa shape index (κ1) is 20.2. The first-order valence-electron chi connectivity index (χ1n) is 8.56. The second kappa shape index (κ2) is 8.24. The van der Waals surface area contributed by atoms with E-state index >= 15 is 0 Å². The molecule has 1 aliphatic heterocycles. The number of ether oxygens (including phenoxy) is 1. The van der Waals surface area contributed by atoms with Crippen molar-refractivity contribution in [3.05, 3.63) is 58.2 Å². The van der Waals surface area contributed by atoms with Crippen molar-refractivity contribution in [2.45, 2.75) is 6.92 Å². The van der Waals surface area contributed by atoms with E-state index in [1.165, 1.54) is 25.3 Å². The number of nitrogens with zero attached hydrogens (tertiary/aromatic N) is 1. The van der Waals surface area contributed by atoms with Crippen molar-refractivity contribution in [2.75, 3.05) is 19.0 Å². The molecule has 0 spiro atoms. The summed E-state index contributed by atoms with van der Waals surface area (Å²) >= 11 is 5.94. The van der Waals surface area contributed by atoms with Crippen molar-refractivity contribution in [3.8, 4) is 11.5 Å². The number of anilines is 1. The second-order valence-corrected chi connectivity index (χ2v) is 6.76. The number of aryl methyl sites for hydroxylation is 1. The number of nitrogens with one attached hydrogen (secondary N) is 2. The zero-order chi connectivity index (χ0) is 21.1. The van der Waals surface area contributed by atoms with Gasteiger partial charge in [0.2, 0.25) is 5.91 Å². The molecular formula is C20H18ClN3O5. The van der Waals surface area contributed by atoms with E-state index < -0.39 is 24.4 Å². The number of rotatable bonds is 5. The maximum Gasteiger partial charge on any atom is 0.329 e. The number of benzene rings is 2. The SMILES string of the molecule is COc1cc(C=C2NC(=O)N(CC(=O)Nc3cccc(C)c3)C2=O)cc(Cl)c1O. The summed E-state index contributed by atoms with van der Waals surface area (Å²) in [4.78, 5) is 37.7. The lowest BCUT2D eigenvalue weighted by atomic mass is 10.1. The molecule has 0 saturated carbocycles. The lowest BCUT2D eigenvalue weighted by Crippen LogP contribution is -2.38. The molecule has 1 fully saturated rings. The van der Waals surface area contributed by atoms with Crippen LogP contribution in [0.3, 0.4) is 0 Å². The van der Waals surface area contributed by atoms with Crippen molar-refractivity contribution < 1.29 is 24.2 Å². The van der Waals surface area contributed by atoms with Crippen molar-refractivity contribution in [1.82, 2.24) is 10.2 Å². The molecule has 3 rings (SSSR count). The number of phenols is 1. The van der Waals surface area contributed by atoms with Crippen LogP contribution in [0.1, 0.15) is 11.1 Å². The highest BCUT2D eigenvalue weighted by Gasteiger charge is 2.35. The number of imide groups is 1. The highest BCUT2D eigenvalue weighted by atomic mass is 35.5. The van der Waals surface area contributed by atoms with Gasteiger partial charge in [-0.1, -0.05) is 23.7 Å². The lowest BCUT2D eigenvalue weighted by molar-refractivity contribution is -0.127. The van der Waals surface area contributed by atoms with Gasteiger partial charge in [-0.3, -0.25) is 9.59 Å². The van der Waals surface area contributed by atoms with Crippen LogP contribution in [0.5, 0.6) is 11.5 Å². The average molecular weight is 416 g/mol. The van der Waals surface area contributed by atoms with E-state index in [1.807, 2.05) is 13.0 Å². The van der Waals surface area contributed by atoms with E-state index in [2.05, 4.69) is 10.6 Å². The summed E-state index contributed by atoms with van der Waals surface area (Å²) in [7, 11) is 1.36. The Labute approximate surface area is 171 Å². The van der Waals surface area contributed by atoms with Gasteiger partial charge in [0.25, 0.3) is 5.91 Å². The molecule has 9 heteroatoms. The summed E-state index contributed by atoms with van der Waals surface area (Å²) in [5.74, 6) is -1.27. The van der Waals surface area contributed by atoms with Gasteiger partial charge in [-0.15, -0.1) is 0 Å². The lowest BCUT2D eigenvalue weighted by Gasteiger charge is -2.12. The first-order valence-corrected chi connectivity index (χ1v) is 8.94. The fourth-order valence-electron chi connectivity index (χ4n) is 2.78. The van der Waals surface area contributed by atoms with E-state index in [9.17, 15) is 19.5 Å². The van der Waals surface area contributed by atoms with Crippen LogP contribution < -0.4 is 15.4 Å². The minimum Gasteiger partial charge on any atom is -0.503 e. The summed E-state index contributed by atoms with van der Waals surface area (Å²) in [5.41, 5.74) is 1.94. The van der Waals surface area contributed by atoms with Crippen LogP contribution in [0, 0.1) is 6.92 Å². The van der Waals surface area contributed by atoms with E-state index in [0.717, 1.165) is 10.5 Å². The predicted octanol–water partition coefficient (Wildman–Crippen LogP) is 2.89. The Morgan fingerprint density at radius 2 is 2.07 bits per heavy atom. The Balaban J connectivity index is 1.75. The van der Waals surface area contributed by atoms with Gasteiger partial charge in [0.05, 0.1) is 12.1 Å². The van der Waals surface area contributed by atoms with Crippen molar-refractivity contribution in [1.29, 1.82) is 0 Å². The summed E-state index contributed by atoms with van der Waals surface area (Å²) < 4.78 is 5.02. The number of amides is 4. The van der Waals surface area contributed by atoms with Gasteiger partial charge in [0, 0.05) is 5.69 Å². The molecular weight excluding hydrogens is 398 g/mol. The van der Waals surface area contributed by atoms with Gasteiger partial charge >= 0.3 is 6.03 Å². The molecule has 2 aromatic rings. The molecule has 1 saturated heterocycles. The maximum atomic E-state index is 12.5. The smallest absolute Gasteiger partial charge is 0.329 e. The number of phenolic OH excluding ortho intramolecular Hbond substituents is 1. The van der Waals surface area contributed by atoms with Gasteiger partial charge in [-0.25, -0.2) is 9.69 Å². The van der Waals surface area contributed by atoms with Crippen LogP contribution in [0.25, 0.3) is 6.08 Å². The zero-order valence-corrected chi connectivity index (χ0v) is 16.4. The van der Waals surface area contributed by atoms with E-state index in [1.54, 1.807) is 18.2 Å². The monoisotopic (exact) mass is 415 g/mol. The number of hydrogen-bond donors (Lipinski definition) is 3. The molecule has 0 aliphatic carbocycles. The fraction of sp³-hybridized carbons (Fsp3) is 0.150. The number of hydrogen-bond acceptors (Lipinski definition) is 5. The Kier molecular flexibility index (Phi) is 5.74.